The molecule has 104 valence electrons. The molecule has 0 radical (unpaired) electrons. The molecule has 0 aromatic carbocycles. The van der Waals surface area contributed by atoms with E-state index in [1.807, 2.05) is 0 Å². The van der Waals surface area contributed by atoms with Crippen LogP contribution >= 0.6 is 0 Å². The molecular weight excluding hydrogens is 224 g/mol. The molecule has 1 N–H and O–H groups in total. The van der Waals surface area contributed by atoms with Crippen LogP contribution in [0.15, 0.2) is 0 Å². The maximum Gasteiger partial charge on any atom is 0.222 e. The Hall–Kier alpha value is -0.570. The van der Waals surface area contributed by atoms with E-state index in [1.165, 1.54) is 19.3 Å². The fourth-order valence-corrected chi connectivity index (χ4v) is 3.15. The Kier molecular flexibility index (Phi) is 5.04. The molecule has 0 saturated carbocycles. The molecule has 2 aliphatic heterocycles. The van der Waals surface area contributed by atoms with Crippen LogP contribution in [0.1, 0.15) is 46.0 Å². The second-order valence-corrected chi connectivity index (χ2v) is 6.33. The summed E-state index contributed by atoms with van der Waals surface area (Å²) in [7, 11) is 0. The molecule has 2 rings (SSSR count). The summed E-state index contributed by atoms with van der Waals surface area (Å²) in [6, 6.07) is 0. The zero-order valence-corrected chi connectivity index (χ0v) is 12.0. The number of carbonyl (C=O) groups excluding carboxylic acids is 1. The normalized spacial score (nSPS) is 33.4. The molecule has 18 heavy (non-hydrogen) atoms. The van der Waals surface area contributed by atoms with Gasteiger partial charge in [0.2, 0.25) is 5.91 Å². The Morgan fingerprint density at radius 1 is 1.28 bits per heavy atom. The van der Waals surface area contributed by atoms with Gasteiger partial charge in [0.1, 0.15) is 0 Å². The molecule has 3 nitrogen and oxygen atoms in total. The second kappa shape index (κ2) is 6.55. The minimum absolute atomic E-state index is 0.388. The standard InChI is InChI=1S/C15H28N2O/c1-12-7-9-17(11-13(12)2)15(18)6-5-14-4-3-8-16-10-14/h12-14,16H,3-11H2,1-2H3. The number of carbonyl (C=O) groups is 1. The number of hydrogen-bond donors (Lipinski definition) is 1. The van der Waals surface area contributed by atoms with E-state index in [-0.39, 0.29) is 0 Å². The summed E-state index contributed by atoms with van der Waals surface area (Å²) in [6.45, 7) is 8.80. The third-order valence-electron chi connectivity index (χ3n) is 4.85. The van der Waals surface area contributed by atoms with E-state index in [1.54, 1.807) is 0 Å². The summed E-state index contributed by atoms with van der Waals surface area (Å²) in [4.78, 5) is 14.3. The van der Waals surface area contributed by atoms with Crippen LogP contribution < -0.4 is 5.32 Å². The van der Waals surface area contributed by atoms with Crippen LogP contribution in [0.5, 0.6) is 0 Å². The van der Waals surface area contributed by atoms with Gasteiger partial charge in [-0.05, 0) is 56.5 Å². The van der Waals surface area contributed by atoms with Crippen molar-refractivity contribution in [3.05, 3.63) is 0 Å². The minimum Gasteiger partial charge on any atom is -0.342 e. The number of rotatable bonds is 3. The Bertz CT molecular complexity index is 274. The summed E-state index contributed by atoms with van der Waals surface area (Å²) in [5.41, 5.74) is 0. The Morgan fingerprint density at radius 2 is 2.11 bits per heavy atom. The van der Waals surface area contributed by atoms with Crippen LogP contribution in [0.25, 0.3) is 0 Å². The molecule has 3 unspecified atom stereocenters. The van der Waals surface area contributed by atoms with Gasteiger partial charge in [-0.3, -0.25) is 4.79 Å². The van der Waals surface area contributed by atoms with Crippen molar-refractivity contribution < 1.29 is 4.79 Å². The SMILES string of the molecule is CC1CCN(C(=O)CCC2CCCNC2)CC1C. The molecule has 3 atom stereocenters. The number of hydrogen-bond acceptors (Lipinski definition) is 2. The van der Waals surface area contributed by atoms with E-state index in [2.05, 4.69) is 24.1 Å². The lowest BCUT2D eigenvalue weighted by atomic mass is 9.88. The van der Waals surface area contributed by atoms with Crippen LogP contribution in [0.4, 0.5) is 0 Å². The second-order valence-electron chi connectivity index (χ2n) is 6.33. The molecule has 0 aromatic heterocycles. The summed E-state index contributed by atoms with van der Waals surface area (Å²) < 4.78 is 0. The highest BCUT2D eigenvalue weighted by Crippen LogP contribution is 2.24. The van der Waals surface area contributed by atoms with Crippen LogP contribution in [0.2, 0.25) is 0 Å². The van der Waals surface area contributed by atoms with E-state index in [0.29, 0.717) is 11.8 Å². The van der Waals surface area contributed by atoms with Crippen molar-refractivity contribution in [2.24, 2.45) is 17.8 Å². The molecule has 0 aromatic rings. The zero-order chi connectivity index (χ0) is 13.0. The summed E-state index contributed by atoms with van der Waals surface area (Å²) in [5.74, 6) is 2.55. The van der Waals surface area contributed by atoms with Gasteiger partial charge in [0.05, 0.1) is 0 Å². The van der Waals surface area contributed by atoms with Crippen molar-refractivity contribution in [3.8, 4) is 0 Å². The maximum atomic E-state index is 12.2. The Labute approximate surface area is 111 Å². The molecule has 2 heterocycles. The first-order valence-corrected chi connectivity index (χ1v) is 7.65. The summed E-state index contributed by atoms with van der Waals surface area (Å²) in [6.07, 6.45) is 5.59. The van der Waals surface area contributed by atoms with Crippen molar-refractivity contribution in [2.45, 2.75) is 46.0 Å². The number of nitrogens with zero attached hydrogens (tertiary/aromatic N) is 1. The van der Waals surface area contributed by atoms with Crippen LogP contribution in [-0.2, 0) is 4.79 Å². The van der Waals surface area contributed by atoms with Crippen LogP contribution in [-0.4, -0.2) is 37.0 Å². The first-order chi connectivity index (χ1) is 8.66. The molecule has 2 aliphatic rings. The highest BCUT2D eigenvalue weighted by molar-refractivity contribution is 5.76. The van der Waals surface area contributed by atoms with Crippen molar-refractivity contribution >= 4 is 5.91 Å². The number of piperidine rings is 2. The Morgan fingerprint density at radius 3 is 2.78 bits per heavy atom. The van der Waals surface area contributed by atoms with Crippen molar-refractivity contribution in [2.75, 3.05) is 26.2 Å². The average molecular weight is 252 g/mol. The number of likely N-dealkylation sites (tertiary alicyclic amines) is 1. The third kappa shape index (κ3) is 3.71. The van der Waals surface area contributed by atoms with E-state index in [9.17, 15) is 4.79 Å². The van der Waals surface area contributed by atoms with Gasteiger partial charge in [-0.1, -0.05) is 13.8 Å². The van der Waals surface area contributed by atoms with Gasteiger partial charge >= 0.3 is 0 Å². The monoisotopic (exact) mass is 252 g/mol. The molecule has 0 bridgehead atoms. The summed E-state index contributed by atoms with van der Waals surface area (Å²) >= 11 is 0. The molecule has 1 amide bonds. The van der Waals surface area contributed by atoms with Gasteiger partial charge < -0.3 is 10.2 Å². The van der Waals surface area contributed by atoms with Crippen molar-refractivity contribution in [3.63, 3.8) is 0 Å². The molecule has 2 saturated heterocycles. The van der Waals surface area contributed by atoms with Crippen LogP contribution in [0.3, 0.4) is 0 Å². The summed E-state index contributed by atoms with van der Waals surface area (Å²) in [5, 5.41) is 3.43. The largest absolute Gasteiger partial charge is 0.342 e. The molecule has 2 fully saturated rings. The van der Waals surface area contributed by atoms with E-state index < -0.39 is 0 Å². The van der Waals surface area contributed by atoms with Crippen molar-refractivity contribution in [1.29, 1.82) is 0 Å². The third-order valence-corrected chi connectivity index (χ3v) is 4.85. The van der Waals surface area contributed by atoms with E-state index in [4.69, 9.17) is 0 Å². The van der Waals surface area contributed by atoms with E-state index in [0.717, 1.165) is 50.9 Å². The molecular formula is C15H28N2O. The highest BCUT2D eigenvalue weighted by Gasteiger charge is 2.26. The topological polar surface area (TPSA) is 32.3 Å². The Balaban J connectivity index is 1.70. The lowest BCUT2D eigenvalue weighted by Gasteiger charge is -2.35. The van der Waals surface area contributed by atoms with Gasteiger partial charge in [0, 0.05) is 19.5 Å². The smallest absolute Gasteiger partial charge is 0.222 e. The van der Waals surface area contributed by atoms with Crippen molar-refractivity contribution in [1.82, 2.24) is 10.2 Å². The first kappa shape index (κ1) is 13.9. The molecule has 3 heteroatoms. The minimum atomic E-state index is 0.388. The fourth-order valence-electron chi connectivity index (χ4n) is 3.15. The lowest BCUT2D eigenvalue weighted by molar-refractivity contribution is -0.133. The fraction of sp³-hybridized carbons (Fsp3) is 0.933. The quantitative estimate of drug-likeness (QED) is 0.835. The lowest BCUT2D eigenvalue weighted by Crippen LogP contribution is -2.42. The molecule has 0 spiro atoms. The predicted octanol–water partition coefficient (Wildman–Crippen LogP) is 2.27. The first-order valence-electron chi connectivity index (χ1n) is 7.65. The predicted molar refractivity (Wildman–Crippen MR) is 74.4 cm³/mol. The van der Waals surface area contributed by atoms with Gasteiger partial charge in [0.25, 0.3) is 0 Å². The van der Waals surface area contributed by atoms with Gasteiger partial charge in [-0.25, -0.2) is 0 Å². The van der Waals surface area contributed by atoms with Gasteiger partial charge in [-0.2, -0.15) is 0 Å². The average Bonchev–Trinajstić information content (AvgIpc) is 2.40. The zero-order valence-electron chi connectivity index (χ0n) is 12.0. The molecule has 0 aliphatic carbocycles. The van der Waals surface area contributed by atoms with Gasteiger partial charge in [-0.15, -0.1) is 0 Å². The number of amides is 1. The van der Waals surface area contributed by atoms with Gasteiger partial charge in [0.15, 0.2) is 0 Å². The maximum absolute atomic E-state index is 12.2. The van der Waals surface area contributed by atoms with Crippen LogP contribution in [0, 0.1) is 17.8 Å². The highest BCUT2D eigenvalue weighted by atomic mass is 16.2. The van der Waals surface area contributed by atoms with E-state index >= 15 is 0 Å². The number of nitrogens with one attached hydrogen (secondary N) is 1.